The highest BCUT2D eigenvalue weighted by molar-refractivity contribution is 6.04. The summed E-state index contributed by atoms with van der Waals surface area (Å²) in [5.74, 6) is -0.130. The number of nitrogens with zero attached hydrogens (tertiary/aromatic N) is 1. The zero-order chi connectivity index (χ0) is 10.3. The Morgan fingerprint density at radius 2 is 2.21 bits per heavy atom. The largest absolute Gasteiger partial charge is 0.314 e. The summed E-state index contributed by atoms with van der Waals surface area (Å²) in [6, 6.07) is 0. The molecule has 0 bridgehead atoms. The second-order valence-electron chi connectivity index (χ2n) is 4.60. The molecule has 14 heavy (non-hydrogen) atoms. The van der Waals surface area contributed by atoms with Gasteiger partial charge in [-0.15, -0.1) is 0 Å². The average Bonchev–Trinajstić information content (AvgIpc) is 2.60. The molecule has 0 aliphatic carbocycles. The lowest BCUT2D eigenvalue weighted by Gasteiger charge is -2.33. The van der Waals surface area contributed by atoms with Crippen molar-refractivity contribution < 1.29 is 9.59 Å². The lowest BCUT2D eigenvalue weighted by molar-refractivity contribution is -0.145. The fraction of sp³-hybridized carbons (Fsp3) is 0.800. The van der Waals surface area contributed by atoms with E-state index < -0.39 is 0 Å². The molecule has 78 valence electrons. The molecule has 2 aliphatic heterocycles. The van der Waals surface area contributed by atoms with Crippen LogP contribution in [0.4, 0.5) is 0 Å². The van der Waals surface area contributed by atoms with Gasteiger partial charge in [-0.2, -0.15) is 0 Å². The standard InChI is InChI=1S/C10H16N2O2/c1-7-5-8(13)12(9(7)14)10(2)3-4-11-6-10/h7,11H,3-6H2,1-2H3. The molecule has 2 rings (SSSR count). The van der Waals surface area contributed by atoms with E-state index in [1.807, 2.05) is 13.8 Å². The number of imide groups is 1. The van der Waals surface area contributed by atoms with E-state index in [1.165, 1.54) is 4.90 Å². The Hall–Kier alpha value is -0.900. The monoisotopic (exact) mass is 196 g/mol. The molecule has 2 amide bonds. The Morgan fingerprint density at radius 1 is 1.50 bits per heavy atom. The van der Waals surface area contributed by atoms with Crippen LogP contribution in [0, 0.1) is 5.92 Å². The van der Waals surface area contributed by atoms with Gasteiger partial charge in [0.25, 0.3) is 0 Å². The molecule has 2 atom stereocenters. The Morgan fingerprint density at radius 3 is 2.64 bits per heavy atom. The van der Waals surface area contributed by atoms with E-state index in [1.54, 1.807) is 0 Å². The molecule has 0 aromatic heterocycles. The summed E-state index contributed by atoms with van der Waals surface area (Å²) in [6.45, 7) is 5.44. The molecule has 0 saturated carbocycles. The Balaban J connectivity index is 2.25. The van der Waals surface area contributed by atoms with Gasteiger partial charge < -0.3 is 5.32 Å². The van der Waals surface area contributed by atoms with Gasteiger partial charge in [0.2, 0.25) is 11.8 Å². The van der Waals surface area contributed by atoms with E-state index >= 15 is 0 Å². The summed E-state index contributed by atoms with van der Waals surface area (Å²) in [7, 11) is 0. The predicted octanol–water partition coefficient (Wildman–Crippen LogP) is 0.133. The number of hydrogen-bond donors (Lipinski definition) is 1. The molecule has 2 fully saturated rings. The number of amides is 2. The number of carbonyl (C=O) groups is 2. The lowest BCUT2D eigenvalue weighted by Crippen LogP contribution is -2.51. The normalized spacial score (nSPS) is 38.4. The minimum absolute atomic E-state index is 0.00111. The molecular formula is C10H16N2O2. The maximum Gasteiger partial charge on any atom is 0.233 e. The summed E-state index contributed by atoms with van der Waals surface area (Å²) in [6.07, 6.45) is 1.26. The predicted molar refractivity (Wildman–Crippen MR) is 51.5 cm³/mol. The van der Waals surface area contributed by atoms with Crippen LogP contribution in [0.2, 0.25) is 0 Å². The van der Waals surface area contributed by atoms with Crippen molar-refractivity contribution in [2.45, 2.75) is 32.2 Å². The fourth-order valence-corrected chi connectivity index (χ4v) is 2.35. The van der Waals surface area contributed by atoms with Crippen LogP contribution >= 0.6 is 0 Å². The highest BCUT2D eigenvalue weighted by Gasteiger charge is 2.47. The minimum atomic E-state index is -0.279. The van der Waals surface area contributed by atoms with Crippen molar-refractivity contribution in [2.75, 3.05) is 13.1 Å². The topological polar surface area (TPSA) is 49.4 Å². The molecular weight excluding hydrogens is 180 g/mol. The average molecular weight is 196 g/mol. The molecule has 2 unspecified atom stereocenters. The van der Waals surface area contributed by atoms with Crippen molar-refractivity contribution in [3.05, 3.63) is 0 Å². The Labute approximate surface area is 83.6 Å². The van der Waals surface area contributed by atoms with Gasteiger partial charge in [0.05, 0.1) is 5.54 Å². The highest BCUT2D eigenvalue weighted by atomic mass is 16.2. The van der Waals surface area contributed by atoms with Crippen molar-refractivity contribution in [2.24, 2.45) is 5.92 Å². The summed E-state index contributed by atoms with van der Waals surface area (Å²) in [4.78, 5) is 24.9. The van der Waals surface area contributed by atoms with Crippen molar-refractivity contribution in [1.82, 2.24) is 10.2 Å². The third-order valence-corrected chi connectivity index (χ3v) is 3.26. The van der Waals surface area contributed by atoms with Crippen molar-refractivity contribution >= 4 is 11.8 Å². The summed E-state index contributed by atoms with van der Waals surface area (Å²) >= 11 is 0. The molecule has 0 radical (unpaired) electrons. The zero-order valence-corrected chi connectivity index (χ0v) is 8.67. The number of hydrogen-bond acceptors (Lipinski definition) is 3. The van der Waals surface area contributed by atoms with Gasteiger partial charge in [-0.3, -0.25) is 14.5 Å². The molecule has 0 spiro atoms. The van der Waals surface area contributed by atoms with Crippen LogP contribution in [0.15, 0.2) is 0 Å². The smallest absolute Gasteiger partial charge is 0.233 e. The molecule has 0 aromatic rings. The fourth-order valence-electron chi connectivity index (χ4n) is 2.35. The quantitative estimate of drug-likeness (QED) is 0.607. The third-order valence-electron chi connectivity index (χ3n) is 3.26. The third kappa shape index (κ3) is 1.25. The van der Waals surface area contributed by atoms with Gasteiger partial charge in [0.15, 0.2) is 0 Å². The number of carbonyl (C=O) groups excluding carboxylic acids is 2. The van der Waals surface area contributed by atoms with E-state index in [0.717, 1.165) is 19.5 Å². The zero-order valence-electron chi connectivity index (χ0n) is 8.67. The van der Waals surface area contributed by atoms with Crippen molar-refractivity contribution in [3.8, 4) is 0 Å². The number of likely N-dealkylation sites (tertiary alicyclic amines) is 1. The first kappa shape index (κ1) is 9.65. The number of nitrogens with one attached hydrogen (secondary N) is 1. The minimum Gasteiger partial charge on any atom is -0.314 e. The van der Waals surface area contributed by atoms with E-state index in [4.69, 9.17) is 0 Å². The SMILES string of the molecule is CC1CC(=O)N(C2(C)CCNC2)C1=O. The van der Waals surface area contributed by atoms with Crippen LogP contribution in [0.25, 0.3) is 0 Å². The maximum atomic E-state index is 11.8. The first-order valence-electron chi connectivity index (χ1n) is 5.12. The van der Waals surface area contributed by atoms with E-state index in [2.05, 4.69) is 5.32 Å². The Bertz CT molecular complexity index is 282. The molecule has 1 N–H and O–H groups in total. The van der Waals surface area contributed by atoms with Gasteiger partial charge in [0, 0.05) is 18.9 Å². The number of rotatable bonds is 1. The van der Waals surface area contributed by atoms with E-state index in [9.17, 15) is 9.59 Å². The second kappa shape index (κ2) is 3.05. The molecule has 2 saturated heterocycles. The second-order valence-corrected chi connectivity index (χ2v) is 4.60. The van der Waals surface area contributed by atoms with Gasteiger partial charge in [-0.05, 0) is 19.9 Å². The van der Waals surface area contributed by atoms with Crippen LogP contribution in [0.3, 0.4) is 0 Å². The molecule has 4 nitrogen and oxygen atoms in total. The van der Waals surface area contributed by atoms with Crippen LogP contribution in [-0.4, -0.2) is 35.3 Å². The van der Waals surface area contributed by atoms with Crippen molar-refractivity contribution in [1.29, 1.82) is 0 Å². The van der Waals surface area contributed by atoms with Crippen LogP contribution < -0.4 is 5.32 Å². The van der Waals surface area contributed by atoms with Gasteiger partial charge in [-0.1, -0.05) is 6.92 Å². The van der Waals surface area contributed by atoms with E-state index in [-0.39, 0.29) is 23.3 Å². The summed E-state index contributed by atoms with van der Waals surface area (Å²) in [5.41, 5.74) is -0.279. The van der Waals surface area contributed by atoms with Crippen LogP contribution in [-0.2, 0) is 9.59 Å². The highest BCUT2D eigenvalue weighted by Crippen LogP contribution is 2.30. The molecule has 0 aromatic carbocycles. The maximum absolute atomic E-state index is 11.8. The van der Waals surface area contributed by atoms with Crippen LogP contribution in [0.5, 0.6) is 0 Å². The lowest BCUT2D eigenvalue weighted by atomic mass is 9.99. The first-order chi connectivity index (χ1) is 6.54. The van der Waals surface area contributed by atoms with Crippen molar-refractivity contribution in [3.63, 3.8) is 0 Å². The summed E-state index contributed by atoms with van der Waals surface area (Å²) in [5, 5.41) is 3.20. The van der Waals surface area contributed by atoms with Gasteiger partial charge >= 0.3 is 0 Å². The molecule has 4 heteroatoms. The summed E-state index contributed by atoms with van der Waals surface area (Å²) < 4.78 is 0. The first-order valence-corrected chi connectivity index (χ1v) is 5.12. The van der Waals surface area contributed by atoms with Crippen LogP contribution in [0.1, 0.15) is 26.7 Å². The van der Waals surface area contributed by atoms with Gasteiger partial charge in [-0.25, -0.2) is 0 Å². The molecule has 2 heterocycles. The van der Waals surface area contributed by atoms with Gasteiger partial charge in [0.1, 0.15) is 0 Å². The Kier molecular flexibility index (Phi) is 2.10. The van der Waals surface area contributed by atoms with E-state index in [0.29, 0.717) is 6.42 Å². The molecule has 2 aliphatic rings.